The summed E-state index contributed by atoms with van der Waals surface area (Å²) in [6.45, 7) is 1.79. The van der Waals surface area contributed by atoms with Crippen molar-refractivity contribution in [3.63, 3.8) is 0 Å². The third kappa shape index (κ3) is 3.30. The molecule has 0 bridgehead atoms. The van der Waals surface area contributed by atoms with Crippen molar-refractivity contribution >= 4 is 41.3 Å². The molecule has 0 spiro atoms. The van der Waals surface area contributed by atoms with Crippen molar-refractivity contribution in [1.82, 2.24) is 4.90 Å². The van der Waals surface area contributed by atoms with E-state index in [-0.39, 0.29) is 18.3 Å². The minimum Gasteiger partial charge on any atom is -0.342 e. The third-order valence-corrected chi connectivity index (χ3v) is 5.77. The van der Waals surface area contributed by atoms with Crippen LogP contribution in [0.1, 0.15) is 24.1 Å². The van der Waals surface area contributed by atoms with Crippen LogP contribution in [-0.4, -0.2) is 29.9 Å². The molecule has 2 N–H and O–H groups in total. The number of aryl methyl sites for hydroxylation is 1. The van der Waals surface area contributed by atoms with Crippen molar-refractivity contribution in [2.24, 2.45) is 17.6 Å². The van der Waals surface area contributed by atoms with E-state index < -0.39 is 0 Å². The number of likely N-dealkylation sites (tertiary alicyclic amines) is 1. The van der Waals surface area contributed by atoms with Gasteiger partial charge in [-0.25, -0.2) is 0 Å². The minimum atomic E-state index is 0. The van der Waals surface area contributed by atoms with Crippen LogP contribution < -0.4 is 5.73 Å². The summed E-state index contributed by atoms with van der Waals surface area (Å²) in [5, 5.41) is 0. The Labute approximate surface area is 134 Å². The van der Waals surface area contributed by atoms with Gasteiger partial charge in [-0.3, -0.25) is 4.79 Å². The van der Waals surface area contributed by atoms with E-state index in [1.807, 2.05) is 17.0 Å². The Bertz CT molecular complexity index is 479. The molecule has 6 heteroatoms. The molecule has 2 heterocycles. The van der Waals surface area contributed by atoms with E-state index in [1.165, 1.54) is 11.3 Å². The van der Waals surface area contributed by atoms with Gasteiger partial charge in [-0.2, -0.15) is 0 Å². The molecule has 0 aromatic carbocycles. The molecule has 2 aliphatic rings. The second-order valence-electron chi connectivity index (χ2n) is 5.67. The quantitative estimate of drug-likeness (QED) is 0.923. The van der Waals surface area contributed by atoms with E-state index in [4.69, 9.17) is 17.3 Å². The lowest BCUT2D eigenvalue weighted by molar-refractivity contribution is -0.130. The van der Waals surface area contributed by atoms with Crippen LogP contribution in [0, 0.1) is 11.8 Å². The van der Waals surface area contributed by atoms with E-state index in [0.29, 0.717) is 24.3 Å². The molecule has 1 saturated carbocycles. The first-order valence-electron chi connectivity index (χ1n) is 6.91. The summed E-state index contributed by atoms with van der Waals surface area (Å²) in [4.78, 5) is 15.4. The Morgan fingerprint density at radius 3 is 2.85 bits per heavy atom. The van der Waals surface area contributed by atoms with Gasteiger partial charge in [-0.05, 0) is 43.2 Å². The average Bonchev–Trinajstić information content (AvgIpc) is 3.05. The maximum absolute atomic E-state index is 12.2. The highest BCUT2D eigenvalue weighted by Gasteiger charge is 2.42. The van der Waals surface area contributed by atoms with Gasteiger partial charge in [-0.1, -0.05) is 11.6 Å². The molecule has 3 unspecified atom stereocenters. The number of rotatable bonds is 3. The standard InChI is InChI=1S/C14H19ClN2OS.ClH/c15-13-5-2-10(19-13)3-6-14(18)17-7-9-1-4-12(16)11(9)8-17;/h2,5,9,11-12H,1,3-4,6-8,16H2;1H. The van der Waals surface area contributed by atoms with Crippen LogP contribution in [0.3, 0.4) is 0 Å². The van der Waals surface area contributed by atoms with Gasteiger partial charge in [0.2, 0.25) is 5.91 Å². The summed E-state index contributed by atoms with van der Waals surface area (Å²) in [7, 11) is 0. The molecule has 1 saturated heterocycles. The van der Waals surface area contributed by atoms with Crippen LogP contribution in [0.2, 0.25) is 4.34 Å². The fourth-order valence-corrected chi connectivity index (χ4v) is 4.47. The summed E-state index contributed by atoms with van der Waals surface area (Å²) in [5.74, 6) is 1.46. The highest BCUT2D eigenvalue weighted by atomic mass is 35.5. The zero-order valence-corrected chi connectivity index (χ0v) is 13.6. The minimum absolute atomic E-state index is 0. The molecular formula is C14H20Cl2N2OS. The summed E-state index contributed by atoms with van der Waals surface area (Å²) in [6, 6.07) is 4.21. The maximum atomic E-state index is 12.2. The number of carbonyl (C=O) groups is 1. The van der Waals surface area contributed by atoms with Gasteiger partial charge in [-0.15, -0.1) is 23.7 Å². The van der Waals surface area contributed by atoms with Crippen LogP contribution in [0.25, 0.3) is 0 Å². The van der Waals surface area contributed by atoms with Gasteiger partial charge in [0.05, 0.1) is 4.34 Å². The first kappa shape index (κ1) is 16.1. The number of hydrogen-bond donors (Lipinski definition) is 1. The zero-order chi connectivity index (χ0) is 13.4. The summed E-state index contributed by atoms with van der Waals surface area (Å²) in [5.41, 5.74) is 6.10. The number of hydrogen-bond acceptors (Lipinski definition) is 3. The van der Waals surface area contributed by atoms with Crippen molar-refractivity contribution in [3.05, 3.63) is 21.3 Å². The Morgan fingerprint density at radius 2 is 2.20 bits per heavy atom. The monoisotopic (exact) mass is 334 g/mol. The van der Waals surface area contributed by atoms with Crippen molar-refractivity contribution in [1.29, 1.82) is 0 Å². The van der Waals surface area contributed by atoms with Gasteiger partial charge in [0.25, 0.3) is 0 Å². The summed E-state index contributed by atoms with van der Waals surface area (Å²) in [6.07, 6.45) is 3.71. The number of nitrogens with zero attached hydrogens (tertiary/aromatic N) is 1. The van der Waals surface area contributed by atoms with Gasteiger partial charge in [0.15, 0.2) is 0 Å². The average molecular weight is 335 g/mol. The van der Waals surface area contributed by atoms with Gasteiger partial charge in [0, 0.05) is 30.4 Å². The van der Waals surface area contributed by atoms with Crippen LogP contribution in [0.15, 0.2) is 12.1 Å². The normalized spacial score (nSPS) is 28.3. The molecule has 1 amide bonds. The summed E-state index contributed by atoms with van der Waals surface area (Å²) >= 11 is 7.46. The Morgan fingerprint density at radius 1 is 1.40 bits per heavy atom. The number of halogens is 2. The van der Waals surface area contributed by atoms with Gasteiger partial charge >= 0.3 is 0 Å². The molecule has 1 aliphatic heterocycles. The highest BCUT2D eigenvalue weighted by Crippen LogP contribution is 2.37. The van der Waals surface area contributed by atoms with E-state index >= 15 is 0 Å². The van der Waals surface area contributed by atoms with Gasteiger partial charge in [0.1, 0.15) is 0 Å². The fraction of sp³-hybridized carbons (Fsp3) is 0.643. The second kappa shape index (κ2) is 6.65. The number of amides is 1. The highest BCUT2D eigenvalue weighted by molar-refractivity contribution is 7.16. The maximum Gasteiger partial charge on any atom is 0.222 e. The molecule has 3 rings (SSSR count). The van der Waals surface area contributed by atoms with E-state index in [2.05, 4.69) is 0 Å². The van der Waals surface area contributed by atoms with Crippen LogP contribution >= 0.6 is 35.3 Å². The number of fused-ring (bicyclic) bond motifs is 1. The molecule has 0 radical (unpaired) electrons. The van der Waals surface area contributed by atoms with Crippen molar-refractivity contribution in [2.75, 3.05) is 13.1 Å². The molecular weight excluding hydrogens is 315 g/mol. The van der Waals surface area contributed by atoms with Crippen LogP contribution in [-0.2, 0) is 11.2 Å². The third-order valence-electron chi connectivity index (χ3n) is 4.48. The molecule has 3 atom stereocenters. The number of carbonyl (C=O) groups excluding carboxylic acids is 1. The zero-order valence-electron chi connectivity index (χ0n) is 11.3. The van der Waals surface area contributed by atoms with Crippen molar-refractivity contribution in [3.8, 4) is 0 Å². The molecule has 20 heavy (non-hydrogen) atoms. The lowest BCUT2D eigenvalue weighted by Gasteiger charge is -2.18. The number of thiophene rings is 1. The first-order chi connectivity index (χ1) is 9.13. The lowest BCUT2D eigenvalue weighted by Crippen LogP contribution is -2.33. The lowest BCUT2D eigenvalue weighted by atomic mass is 9.98. The molecule has 1 aromatic rings. The molecule has 3 nitrogen and oxygen atoms in total. The molecule has 112 valence electrons. The van der Waals surface area contributed by atoms with Crippen LogP contribution in [0.4, 0.5) is 0 Å². The van der Waals surface area contributed by atoms with Crippen molar-refractivity contribution < 1.29 is 4.79 Å². The number of nitrogens with two attached hydrogens (primary N) is 1. The fourth-order valence-electron chi connectivity index (χ4n) is 3.39. The van der Waals surface area contributed by atoms with E-state index in [9.17, 15) is 4.79 Å². The topological polar surface area (TPSA) is 46.3 Å². The predicted octanol–water partition coefficient (Wildman–Crippen LogP) is 2.95. The van der Waals surface area contributed by atoms with E-state index in [1.54, 1.807) is 11.3 Å². The van der Waals surface area contributed by atoms with Gasteiger partial charge < -0.3 is 10.6 Å². The Balaban J connectivity index is 0.00000147. The Hall–Kier alpha value is -0.290. The molecule has 2 fully saturated rings. The SMILES string of the molecule is Cl.NC1CCC2CN(C(=O)CCc3ccc(Cl)s3)CC12. The first-order valence-corrected chi connectivity index (χ1v) is 8.10. The van der Waals surface area contributed by atoms with Crippen LogP contribution in [0.5, 0.6) is 0 Å². The molecule has 1 aliphatic carbocycles. The largest absolute Gasteiger partial charge is 0.342 e. The predicted molar refractivity (Wildman–Crippen MR) is 85.7 cm³/mol. The molecule has 1 aromatic heterocycles. The second-order valence-corrected chi connectivity index (χ2v) is 7.47. The Kier molecular flexibility index (Phi) is 5.35. The van der Waals surface area contributed by atoms with E-state index in [0.717, 1.165) is 30.3 Å². The smallest absolute Gasteiger partial charge is 0.222 e. The summed E-state index contributed by atoms with van der Waals surface area (Å²) < 4.78 is 0.795. The van der Waals surface area contributed by atoms with Crippen molar-refractivity contribution in [2.45, 2.75) is 31.7 Å².